The Hall–Kier alpha value is -2.14. The van der Waals surface area contributed by atoms with Gasteiger partial charge < -0.3 is 5.11 Å². The molecule has 0 aliphatic carbocycles. The SMILES string of the molecule is [N-]=[N+]=NCCC=Cc1ccc(O)c(C(F)(F)F)c1. The molecule has 0 aliphatic heterocycles. The molecule has 7 heteroatoms. The topological polar surface area (TPSA) is 69.0 Å². The maximum absolute atomic E-state index is 12.5. The summed E-state index contributed by atoms with van der Waals surface area (Å²) in [5, 5.41) is 12.4. The van der Waals surface area contributed by atoms with Crippen molar-refractivity contribution < 1.29 is 18.3 Å². The second kappa shape index (κ2) is 5.97. The Labute approximate surface area is 101 Å². The molecule has 1 aromatic rings. The van der Waals surface area contributed by atoms with E-state index < -0.39 is 17.5 Å². The monoisotopic (exact) mass is 257 g/mol. The van der Waals surface area contributed by atoms with Crippen LogP contribution in [-0.4, -0.2) is 11.7 Å². The van der Waals surface area contributed by atoms with Crippen LogP contribution in [0.2, 0.25) is 0 Å². The lowest BCUT2D eigenvalue weighted by Crippen LogP contribution is -2.05. The summed E-state index contributed by atoms with van der Waals surface area (Å²) >= 11 is 0. The molecule has 1 rings (SSSR count). The number of halogens is 3. The van der Waals surface area contributed by atoms with Gasteiger partial charge in [-0.25, -0.2) is 0 Å². The fourth-order valence-corrected chi connectivity index (χ4v) is 1.28. The van der Waals surface area contributed by atoms with Gasteiger partial charge in [-0.1, -0.05) is 23.3 Å². The number of nitrogens with zero attached hydrogens (tertiary/aromatic N) is 3. The standard InChI is InChI=1S/C11H10F3N3O/c12-11(13,14)9-7-8(4-5-10(9)18)3-1-2-6-16-17-15/h1,3-5,7,18H,2,6H2. The number of rotatable bonds is 4. The van der Waals surface area contributed by atoms with Gasteiger partial charge in [0.15, 0.2) is 0 Å². The summed E-state index contributed by atoms with van der Waals surface area (Å²) < 4.78 is 37.4. The Kier molecular flexibility index (Phi) is 4.62. The molecule has 0 spiro atoms. The van der Waals surface area contributed by atoms with E-state index in [0.29, 0.717) is 12.0 Å². The summed E-state index contributed by atoms with van der Waals surface area (Å²) in [7, 11) is 0. The molecular formula is C11H10F3N3O. The van der Waals surface area contributed by atoms with Gasteiger partial charge in [-0.15, -0.1) is 0 Å². The maximum Gasteiger partial charge on any atom is 0.419 e. The Bertz CT molecular complexity index is 491. The van der Waals surface area contributed by atoms with Crippen LogP contribution in [0, 0.1) is 0 Å². The quantitative estimate of drug-likeness (QED) is 0.374. The van der Waals surface area contributed by atoms with Crippen molar-refractivity contribution in [1.82, 2.24) is 0 Å². The van der Waals surface area contributed by atoms with Crippen LogP contribution in [0.4, 0.5) is 13.2 Å². The van der Waals surface area contributed by atoms with Crippen molar-refractivity contribution in [1.29, 1.82) is 0 Å². The maximum atomic E-state index is 12.5. The van der Waals surface area contributed by atoms with Gasteiger partial charge in [-0.05, 0) is 29.6 Å². The number of hydrogen-bond donors (Lipinski definition) is 1. The van der Waals surface area contributed by atoms with Crippen molar-refractivity contribution in [2.45, 2.75) is 12.6 Å². The average molecular weight is 257 g/mol. The minimum atomic E-state index is -4.58. The summed E-state index contributed by atoms with van der Waals surface area (Å²) in [6, 6.07) is 3.23. The third-order valence-corrected chi connectivity index (χ3v) is 2.10. The highest BCUT2D eigenvalue weighted by molar-refractivity contribution is 5.53. The van der Waals surface area contributed by atoms with E-state index in [1.165, 1.54) is 12.1 Å². The molecule has 0 atom stereocenters. The molecule has 4 nitrogen and oxygen atoms in total. The minimum Gasteiger partial charge on any atom is -0.507 e. The lowest BCUT2D eigenvalue weighted by atomic mass is 10.1. The van der Waals surface area contributed by atoms with Crippen molar-refractivity contribution in [3.8, 4) is 5.75 Å². The lowest BCUT2D eigenvalue weighted by molar-refractivity contribution is -0.138. The number of alkyl halides is 3. The molecule has 0 radical (unpaired) electrons. The van der Waals surface area contributed by atoms with Crippen LogP contribution in [0.3, 0.4) is 0 Å². The number of phenolic OH excluding ortho intramolecular Hbond substituents is 1. The Morgan fingerprint density at radius 1 is 1.39 bits per heavy atom. The van der Waals surface area contributed by atoms with E-state index in [4.69, 9.17) is 10.6 Å². The first kappa shape index (κ1) is 13.9. The lowest BCUT2D eigenvalue weighted by Gasteiger charge is -2.09. The van der Waals surface area contributed by atoms with E-state index in [1.54, 1.807) is 6.08 Å². The van der Waals surface area contributed by atoms with Crippen LogP contribution >= 0.6 is 0 Å². The first-order chi connectivity index (χ1) is 8.45. The highest BCUT2D eigenvalue weighted by atomic mass is 19.4. The summed E-state index contributed by atoms with van der Waals surface area (Å²) in [6.07, 6.45) is -1.08. The van der Waals surface area contributed by atoms with Crippen LogP contribution in [-0.2, 0) is 6.18 Å². The van der Waals surface area contributed by atoms with Gasteiger partial charge in [0.25, 0.3) is 0 Å². The van der Waals surface area contributed by atoms with E-state index in [1.807, 2.05) is 0 Å². The first-order valence-corrected chi connectivity index (χ1v) is 5.03. The zero-order valence-electron chi connectivity index (χ0n) is 9.22. The molecule has 0 unspecified atom stereocenters. The molecule has 0 aromatic heterocycles. The number of phenols is 1. The molecular weight excluding hydrogens is 247 g/mol. The van der Waals surface area contributed by atoms with Gasteiger partial charge >= 0.3 is 6.18 Å². The smallest absolute Gasteiger partial charge is 0.419 e. The second-order valence-corrected chi connectivity index (χ2v) is 3.42. The van der Waals surface area contributed by atoms with Crippen molar-refractivity contribution >= 4 is 6.08 Å². The Morgan fingerprint density at radius 3 is 2.72 bits per heavy atom. The predicted molar refractivity (Wildman–Crippen MR) is 60.8 cm³/mol. The van der Waals surface area contributed by atoms with Crippen molar-refractivity contribution in [3.05, 3.63) is 45.8 Å². The van der Waals surface area contributed by atoms with Crippen LogP contribution in [0.5, 0.6) is 5.75 Å². The largest absolute Gasteiger partial charge is 0.507 e. The van der Waals surface area contributed by atoms with E-state index >= 15 is 0 Å². The van der Waals surface area contributed by atoms with Crippen LogP contribution in [0.15, 0.2) is 29.4 Å². The number of azide groups is 1. The number of aromatic hydroxyl groups is 1. The fourth-order valence-electron chi connectivity index (χ4n) is 1.28. The van der Waals surface area contributed by atoms with Gasteiger partial charge in [0.1, 0.15) is 5.75 Å². The average Bonchev–Trinajstić information content (AvgIpc) is 2.29. The zero-order chi connectivity index (χ0) is 13.6. The van der Waals surface area contributed by atoms with Gasteiger partial charge in [0.2, 0.25) is 0 Å². The van der Waals surface area contributed by atoms with E-state index in [9.17, 15) is 13.2 Å². The predicted octanol–water partition coefficient (Wildman–Crippen LogP) is 4.12. The third-order valence-electron chi connectivity index (χ3n) is 2.10. The molecule has 0 heterocycles. The summed E-state index contributed by atoms with van der Waals surface area (Å²) in [5.41, 5.74) is 7.27. The molecule has 0 bridgehead atoms. The van der Waals surface area contributed by atoms with Gasteiger partial charge in [-0.2, -0.15) is 13.2 Å². The molecule has 18 heavy (non-hydrogen) atoms. The fraction of sp³-hybridized carbons (Fsp3) is 0.273. The van der Waals surface area contributed by atoms with Gasteiger partial charge in [0.05, 0.1) is 5.56 Å². The molecule has 0 fully saturated rings. The van der Waals surface area contributed by atoms with E-state index in [2.05, 4.69) is 10.0 Å². The van der Waals surface area contributed by atoms with E-state index in [0.717, 1.165) is 12.1 Å². The van der Waals surface area contributed by atoms with Gasteiger partial charge in [-0.3, -0.25) is 0 Å². The molecule has 0 amide bonds. The van der Waals surface area contributed by atoms with Crippen molar-refractivity contribution in [2.75, 3.05) is 6.54 Å². The second-order valence-electron chi connectivity index (χ2n) is 3.42. The van der Waals surface area contributed by atoms with Crippen molar-refractivity contribution in [2.24, 2.45) is 5.11 Å². The molecule has 1 aromatic carbocycles. The molecule has 96 valence electrons. The van der Waals surface area contributed by atoms with E-state index in [-0.39, 0.29) is 6.54 Å². The molecule has 0 saturated carbocycles. The van der Waals surface area contributed by atoms with Crippen LogP contribution in [0.25, 0.3) is 16.5 Å². The summed E-state index contributed by atoms with van der Waals surface area (Å²) in [6.45, 7) is 0.247. The molecule has 1 N–H and O–H groups in total. The molecule has 0 aliphatic rings. The number of hydrogen-bond acceptors (Lipinski definition) is 2. The Morgan fingerprint density at radius 2 is 2.11 bits per heavy atom. The first-order valence-electron chi connectivity index (χ1n) is 5.03. The number of benzene rings is 1. The summed E-state index contributed by atoms with van der Waals surface area (Å²) in [4.78, 5) is 2.55. The summed E-state index contributed by atoms with van der Waals surface area (Å²) in [5.74, 6) is -0.797. The third kappa shape index (κ3) is 4.03. The van der Waals surface area contributed by atoms with Gasteiger partial charge in [0, 0.05) is 11.5 Å². The van der Waals surface area contributed by atoms with Crippen LogP contribution in [0.1, 0.15) is 17.5 Å². The van der Waals surface area contributed by atoms with Crippen LogP contribution < -0.4 is 0 Å². The highest BCUT2D eigenvalue weighted by Gasteiger charge is 2.33. The highest BCUT2D eigenvalue weighted by Crippen LogP contribution is 2.36. The normalized spacial score (nSPS) is 11.5. The Balaban J connectivity index is 2.82. The molecule has 0 saturated heterocycles. The minimum absolute atomic E-state index is 0.247. The van der Waals surface area contributed by atoms with Crippen molar-refractivity contribution in [3.63, 3.8) is 0 Å². The zero-order valence-corrected chi connectivity index (χ0v) is 9.22.